The van der Waals surface area contributed by atoms with E-state index in [9.17, 15) is 14.7 Å². The Morgan fingerprint density at radius 1 is 1.45 bits per heavy atom. The summed E-state index contributed by atoms with van der Waals surface area (Å²) in [5.74, 6) is -1.48. The Bertz CT molecular complexity index is 544. The minimum atomic E-state index is -0.867. The first-order valence-electron chi connectivity index (χ1n) is 6.66. The number of carbonyl (C=O) groups excluding carboxylic acids is 1. The molecule has 1 aliphatic heterocycles. The van der Waals surface area contributed by atoms with E-state index in [0.717, 1.165) is 11.1 Å². The van der Waals surface area contributed by atoms with Gasteiger partial charge in [0.15, 0.2) is 0 Å². The van der Waals surface area contributed by atoms with Crippen molar-refractivity contribution in [1.29, 1.82) is 0 Å². The van der Waals surface area contributed by atoms with Gasteiger partial charge in [0.1, 0.15) is 0 Å². The number of rotatable bonds is 2. The minimum absolute atomic E-state index is 0.0181. The first kappa shape index (κ1) is 14.9. The van der Waals surface area contributed by atoms with Crippen molar-refractivity contribution in [2.75, 3.05) is 7.05 Å². The second-order valence-corrected chi connectivity index (χ2v) is 5.70. The zero-order valence-electron chi connectivity index (χ0n) is 11.6. The molecule has 108 valence electrons. The monoisotopic (exact) mass is 295 g/mol. The van der Waals surface area contributed by atoms with Crippen LogP contribution in [-0.2, 0) is 9.59 Å². The van der Waals surface area contributed by atoms with Gasteiger partial charge in [-0.05, 0) is 37.0 Å². The molecular formula is C15H18ClNO3. The smallest absolute Gasteiger partial charge is 0.308 e. The van der Waals surface area contributed by atoms with E-state index in [1.165, 1.54) is 0 Å². The number of hydrogen-bond donors (Lipinski definition) is 1. The lowest BCUT2D eigenvalue weighted by Gasteiger charge is -2.31. The van der Waals surface area contributed by atoms with Crippen molar-refractivity contribution in [2.45, 2.75) is 32.2 Å². The van der Waals surface area contributed by atoms with Gasteiger partial charge >= 0.3 is 5.97 Å². The van der Waals surface area contributed by atoms with Crippen LogP contribution in [0.3, 0.4) is 0 Å². The quantitative estimate of drug-likeness (QED) is 0.912. The molecule has 20 heavy (non-hydrogen) atoms. The van der Waals surface area contributed by atoms with Crippen LogP contribution in [0.5, 0.6) is 0 Å². The number of likely N-dealkylation sites (tertiary alicyclic amines) is 1. The lowest BCUT2D eigenvalue weighted by Crippen LogP contribution is -2.36. The SMILES string of the molecule is Cc1ccc(C2C(C(=O)O)CCCC(=O)N2C)cc1Cl. The van der Waals surface area contributed by atoms with E-state index in [4.69, 9.17) is 11.6 Å². The van der Waals surface area contributed by atoms with Crippen molar-refractivity contribution in [3.63, 3.8) is 0 Å². The first-order chi connectivity index (χ1) is 9.41. The molecule has 2 atom stereocenters. The Morgan fingerprint density at radius 2 is 2.15 bits per heavy atom. The molecule has 1 saturated heterocycles. The fourth-order valence-corrected chi connectivity index (χ4v) is 2.93. The van der Waals surface area contributed by atoms with E-state index < -0.39 is 17.9 Å². The van der Waals surface area contributed by atoms with E-state index in [2.05, 4.69) is 0 Å². The van der Waals surface area contributed by atoms with Crippen LogP contribution >= 0.6 is 11.6 Å². The number of benzene rings is 1. The van der Waals surface area contributed by atoms with E-state index in [-0.39, 0.29) is 5.91 Å². The highest BCUT2D eigenvalue weighted by Crippen LogP contribution is 2.36. The Hall–Kier alpha value is -1.55. The van der Waals surface area contributed by atoms with Crippen LogP contribution in [0, 0.1) is 12.8 Å². The van der Waals surface area contributed by atoms with Gasteiger partial charge < -0.3 is 10.0 Å². The number of carboxylic acid groups (broad SMARTS) is 1. The van der Waals surface area contributed by atoms with E-state index in [1.807, 2.05) is 19.1 Å². The number of aliphatic carboxylic acids is 1. The number of aryl methyl sites for hydroxylation is 1. The highest BCUT2D eigenvalue weighted by molar-refractivity contribution is 6.31. The predicted octanol–water partition coefficient (Wildman–Crippen LogP) is 3.03. The van der Waals surface area contributed by atoms with Gasteiger partial charge in [-0.2, -0.15) is 0 Å². The van der Waals surface area contributed by atoms with Crippen LogP contribution < -0.4 is 0 Å². The predicted molar refractivity (Wildman–Crippen MR) is 76.7 cm³/mol. The van der Waals surface area contributed by atoms with Crippen LogP contribution in [0.2, 0.25) is 5.02 Å². The standard InChI is InChI=1S/C15H18ClNO3/c1-9-6-7-10(8-12(9)16)14-11(15(19)20)4-3-5-13(18)17(14)2/h6-8,11,14H,3-5H2,1-2H3,(H,19,20). The van der Waals surface area contributed by atoms with Crippen molar-refractivity contribution in [3.8, 4) is 0 Å². The lowest BCUT2D eigenvalue weighted by molar-refractivity contribution is -0.145. The summed E-state index contributed by atoms with van der Waals surface area (Å²) in [4.78, 5) is 25.1. The molecule has 2 unspecified atom stereocenters. The summed E-state index contributed by atoms with van der Waals surface area (Å²) in [6, 6.07) is 5.03. The van der Waals surface area contributed by atoms with Gasteiger partial charge in [-0.3, -0.25) is 9.59 Å². The molecule has 1 fully saturated rings. The molecule has 0 aliphatic carbocycles. The summed E-state index contributed by atoms with van der Waals surface area (Å²) in [7, 11) is 1.67. The maximum absolute atomic E-state index is 12.0. The van der Waals surface area contributed by atoms with Crippen LogP contribution in [0.1, 0.15) is 36.4 Å². The molecule has 0 spiro atoms. The molecule has 0 radical (unpaired) electrons. The van der Waals surface area contributed by atoms with Crippen LogP contribution in [0.4, 0.5) is 0 Å². The average molecular weight is 296 g/mol. The fourth-order valence-electron chi connectivity index (χ4n) is 2.74. The van der Waals surface area contributed by atoms with E-state index in [0.29, 0.717) is 24.3 Å². The van der Waals surface area contributed by atoms with Crippen molar-refractivity contribution in [3.05, 3.63) is 34.3 Å². The Balaban J connectivity index is 2.47. The average Bonchev–Trinajstić information content (AvgIpc) is 2.54. The molecule has 1 amide bonds. The minimum Gasteiger partial charge on any atom is -0.481 e. The topological polar surface area (TPSA) is 57.6 Å². The molecule has 1 heterocycles. The van der Waals surface area contributed by atoms with Crippen LogP contribution in [0.15, 0.2) is 18.2 Å². The molecule has 1 aromatic carbocycles. The van der Waals surface area contributed by atoms with Gasteiger partial charge in [0.05, 0.1) is 12.0 Å². The molecule has 1 N–H and O–H groups in total. The Morgan fingerprint density at radius 3 is 2.75 bits per heavy atom. The van der Waals surface area contributed by atoms with Gasteiger partial charge in [-0.15, -0.1) is 0 Å². The molecule has 0 bridgehead atoms. The highest BCUT2D eigenvalue weighted by Gasteiger charge is 2.36. The number of halogens is 1. The van der Waals surface area contributed by atoms with Crippen molar-refractivity contribution < 1.29 is 14.7 Å². The molecule has 5 heteroatoms. The number of amides is 1. The maximum atomic E-state index is 12.0. The number of nitrogens with zero attached hydrogens (tertiary/aromatic N) is 1. The summed E-state index contributed by atoms with van der Waals surface area (Å²) in [5, 5.41) is 10.0. The third kappa shape index (κ3) is 2.80. The first-order valence-corrected chi connectivity index (χ1v) is 7.04. The maximum Gasteiger partial charge on any atom is 0.308 e. The zero-order valence-corrected chi connectivity index (χ0v) is 12.4. The molecule has 1 aromatic rings. The van der Waals surface area contributed by atoms with Crippen molar-refractivity contribution in [1.82, 2.24) is 4.90 Å². The number of hydrogen-bond acceptors (Lipinski definition) is 2. The molecular weight excluding hydrogens is 278 g/mol. The van der Waals surface area contributed by atoms with Gasteiger partial charge in [0, 0.05) is 18.5 Å². The third-order valence-electron chi connectivity index (χ3n) is 3.95. The lowest BCUT2D eigenvalue weighted by atomic mass is 9.89. The summed E-state index contributed by atoms with van der Waals surface area (Å²) < 4.78 is 0. The summed E-state index contributed by atoms with van der Waals surface area (Å²) >= 11 is 6.13. The Labute approximate surface area is 123 Å². The molecule has 2 rings (SSSR count). The second-order valence-electron chi connectivity index (χ2n) is 5.30. The molecule has 0 saturated carbocycles. The highest BCUT2D eigenvalue weighted by atomic mass is 35.5. The van der Waals surface area contributed by atoms with Crippen LogP contribution in [-0.4, -0.2) is 28.9 Å². The van der Waals surface area contributed by atoms with E-state index >= 15 is 0 Å². The van der Waals surface area contributed by atoms with Crippen molar-refractivity contribution >= 4 is 23.5 Å². The van der Waals surface area contributed by atoms with Gasteiger partial charge in [-0.25, -0.2) is 0 Å². The van der Waals surface area contributed by atoms with Gasteiger partial charge in [0.25, 0.3) is 0 Å². The number of carboxylic acids is 1. The zero-order chi connectivity index (χ0) is 14.9. The van der Waals surface area contributed by atoms with E-state index in [1.54, 1.807) is 18.0 Å². The normalized spacial score (nSPS) is 23.6. The molecule has 4 nitrogen and oxygen atoms in total. The molecule has 0 aromatic heterocycles. The van der Waals surface area contributed by atoms with Gasteiger partial charge in [-0.1, -0.05) is 23.7 Å². The summed E-state index contributed by atoms with van der Waals surface area (Å²) in [6.07, 6.45) is 1.51. The largest absolute Gasteiger partial charge is 0.481 e. The summed E-state index contributed by atoms with van der Waals surface area (Å²) in [5.41, 5.74) is 1.72. The molecule has 1 aliphatic rings. The fraction of sp³-hybridized carbons (Fsp3) is 0.467. The second kappa shape index (κ2) is 5.83. The number of carbonyl (C=O) groups is 2. The van der Waals surface area contributed by atoms with Crippen molar-refractivity contribution in [2.24, 2.45) is 5.92 Å². The summed E-state index contributed by atoms with van der Waals surface area (Å²) in [6.45, 7) is 1.89. The third-order valence-corrected chi connectivity index (χ3v) is 4.36. The Kier molecular flexibility index (Phi) is 4.33. The van der Waals surface area contributed by atoms with Gasteiger partial charge in [0.2, 0.25) is 5.91 Å². The van der Waals surface area contributed by atoms with Crippen LogP contribution in [0.25, 0.3) is 0 Å².